The monoisotopic (exact) mass is 268 g/mol. The molecule has 1 aromatic rings. The number of hydrogen-bond acceptors (Lipinski definition) is 2. The maximum Gasteiger partial charge on any atom is 0.166 e. The van der Waals surface area contributed by atoms with Crippen molar-refractivity contribution in [2.75, 3.05) is 13.2 Å². The van der Waals surface area contributed by atoms with Crippen LogP contribution in [0.5, 0.6) is 0 Å². The molecule has 0 bridgehead atoms. The second-order valence-electron chi connectivity index (χ2n) is 3.76. The molecule has 0 aliphatic carbocycles. The van der Waals surface area contributed by atoms with Crippen LogP contribution in [0.2, 0.25) is 0 Å². The van der Waals surface area contributed by atoms with Gasteiger partial charge in [0.05, 0.1) is 0 Å². The van der Waals surface area contributed by atoms with E-state index in [9.17, 15) is 4.79 Å². The molecule has 1 aliphatic rings. The van der Waals surface area contributed by atoms with Crippen LogP contribution in [0.3, 0.4) is 0 Å². The molecule has 80 valence electrons. The van der Waals surface area contributed by atoms with Crippen LogP contribution >= 0.6 is 15.9 Å². The van der Waals surface area contributed by atoms with Gasteiger partial charge in [0.1, 0.15) is 0 Å². The van der Waals surface area contributed by atoms with E-state index in [2.05, 4.69) is 15.9 Å². The quantitative estimate of drug-likeness (QED) is 0.771. The lowest BCUT2D eigenvalue weighted by molar-refractivity contribution is 0.0545. The first-order chi connectivity index (χ1) is 7.27. The topological polar surface area (TPSA) is 26.3 Å². The summed E-state index contributed by atoms with van der Waals surface area (Å²) in [5, 5.41) is 0. The van der Waals surface area contributed by atoms with Crippen molar-refractivity contribution < 1.29 is 9.53 Å². The fourth-order valence-corrected chi connectivity index (χ4v) is 2.24. The summed E-state index contributed by atoms with van der Waals surface area (Å²) in [6.07, 6.45) is 1.71. The molecule has 2 nitrogen and oxygen atoms in total. The highest BCUT2D eigenvalue weighted by molar-refractivity contribution is 9.10. The Morgan fingerprint density at radius 1 is 1.33 bits per heavy atom. The zero-order chi connectivity index (χ0) is 10.7. The molecule has 15 heavy (non-hydrogen) atoms. The molecular weight excluding hydrogens is 256 g/mol. The number of benzene rings is 1. The summed E-state index contributed by atoms with van der Waals surface area (Å²) in [5.41, 5.74) is 0.802. The predicted molar refractivity (Wildman–Crippen MR) is 62.0 cm³/mol. The van der Waals surface area contributed by atoms with Gasteiger partial charge in [-0.2, -0.15) is 0 Å². The molecule has 0 unspecified atom stereocenters. The van der Waals surface area contributed by atoms with E-state index in [1.165, 1.54) is 0 Å². The minimum atomic E-state index is 0.146. The number of halogens is 1. The normalized spacial score (nSPS) is 17.7. The molecule has 0 saturated carbocycles. The Kier molecular flexibility index (Phi) is 3.54. The number of rotatable bonds is 2. The lowest BCUT2D eigenvalue weighted by Gasteiger charge is -2.20. The number of carbonyl (C=O) groups is 1. The zero-order valence-electron chi connectivity index (χ0n) is 8.41. The van der Waals surface area contributed by atoms with Crippen molar-refractivity contribution in [3.05, 3.63) is 34.3 Å². The van der Waals surface area contributed by atoms with Crippen LogP contribution in [0.15, 0.2) is 28.7 Å². The van der Waals surface area contributed by atoms with Gasteiger partial charge in [0.25, 0.3) is 0 Å². The number of ketones is 1. The van der Waals surface area contributed by atoms with Gasteiger partial charge in [0, 0.05) is 29.2 Å². The summed E-state index contributed by atoms with van der Waals surface area (Å²) in [6, 6.07) is 7.59. The van der Waals surface area contributed by atoms with Crippen molar-refractivity contribution in [3.8, 4) is 0 Å². The number of carbonyl (C=O) groups excluding carboxylic acids is 1. The average molecular weight is 269 g/mol. The third-order valence-electron chi connectivity index (χ3n) is 2.70. The second kappa shape index (κ2) is 4.90. The highest BCUT2D eigenvalue weighted by atomic mass is 79.9. The van der Waals surface area contributed by atoms with Gasteiger partial charge in [0.15, 0.2) is 5.78 Å². The van der Waals surface area contributed by atoms with E-state index in [0.29, 0.717) is 13.2 Å². The molecular formula is C12H13BrO2. The Bertz CT molecular complexity index is 356. The molecule has 0 spiro atoms. The fourth-order valence-electron chi connectivity index (χ4n) is 1.84. The lowest BCUT2D eigenvalue weighted by Crippen LogP contribution is -2.23. The standard InChI is InChI=1S/C12H13BrO2/c13-11-3-1-2-10(8-11)12(14)9-4-6-15-7-5-9/h1-3,8-9H,4-7H2. The van der Waals surface area contributed by atoms with Gasteiger partial charge >= 0.3 is 0 Å². The van der Waals surface area contributed by atoms with Gasteiger partial charge in [-0.05, 0) is 25.0 Å². The van der Waals surface area contributed by atoms with Crippen LogP contribution in [-0.2, 0) is 4.74 Å². The van der Waals surface area contributed by atoms with Crippen molar-refractivity contribution >= 4 is 21.7 Å². The van der Waals surface area contributed by atoms with E-state index in [4.69, 9.17) is 4.74 Å². The molecule has 3 heteroatoms. The molecule has 1 aromatic carbocycles. The maximum absolute atomic E-state index is 12.1. The average Bonchev–Trinajstić information content (AvgIpc) is 2.29. The fraction of sp³-hybridized carbons (Fsp3) is 0.417. The summed E-state index contributed by atoms with van der Waals surface area (Å²) < 4.78 is 6.21. The van der Waals surface area contributed by atoms with Gasteiger partial charge in [0.2, 0.25) is 0 Å². The van der Waals surface area contributed by atoms with Crippen LogP contribution in [-0.4, -0.2) is 19.0 Å². The van der Waals surface area contributed by atoms with Crippen molar-refractivity contribution in [2.45, 2.75) is 12.8 Å². The number of hydrogen-bond donors (Lipinski definition) is 0. The molecule has 1 heterocycles. The molecule has 0 aromatic heterocycles. The van der Waals surface area contributed by atoms with Gasteiger partial charge < -0.3 is 4.74 Å². The van der Waals surface area contributed by atoms with E-state index in [1.807, 2.05) is 24.3 Å². The van der Waals surface area contributed by atoms with E-state index in [-0.39, 0.29) is 11.7 Å². The van der Waals surface area contributed by atoms with Crippen LogP contribution in [0, 0.1) is 5.92 Å². The number of ether oxygens (including phenoxy) is 1. The van der Waals surface area contributed by atoms with E-state index < -0.39 is 0 Å². The highest BCUT2D eigenvalue weighted by Gasteiger charge is 2.22. The molecule has 1 aliphatic heterocycles. The van der Waals surface area contributed by atoms with E-state index >= 15 is 0 Å². The Balaban J connectivity index is 2.12. The Morgan fingerprint density at radius 3 is 2.73 bits per heavy atom. The van der Waals surface area contributed by atoms with Crippen molar-refractivity contribution in [3.63, 3.8) is 0 Å². The summed E-state index contributed by atoms with van der Waals surface area (Å²) in [6.45, 7) is 1.43. The van der Waals surface area contributed by atoms with Gasteiger partial charge in [-0.15, -0.1) is 0 Å². The smallest absolute Gasteiger partial charge is 0.166 e. The van der Waals surface area contributed by atoms with Crippen LogP contribution in [0.25, 0.3) is 0 Å². The SMILES string of the molecule is O=C(c1cccc(Br)c1)C1CCOCC1. The van der Waals surface area contributed by atoms with Crippen molar-refractivity contribution in [2.24, 2.45) is 5.92 Å². The summed E-state index contributed by atoms with van der Waals surface area (Å²) >= 11 is 3.38. The highest BCUT2D eigenvalue weighted by Crippen LogP contribution is 2.21. The summed E-state index contributed by atoms with van der Waals surface area (Å²) in [4.78, 5) is 12.1. The first-order valence-corrected chi connectivity index (χ1v) is 5.94. The minimum Gasteiger partial charge on any atom is -0.381 e. The minimum absolute atomic E-state index is 0.146. The molecule has 1 saturated heterocycles. The third-order valence-corrected chi connectivity index (χ3v) is 3.19. The lowest BCUT2D eigenvalue weighted by atomic mass is 9.91. The Morgan fingerprint density at radius 2 is 2.07 bits per heavy atom. The third kappa shape index (κ3) is 2.67. The second-order valence-corrected chi connectivity index (χ2v) is 4.68. The van der Waals surface area contributed by atoms with Crippen molar-refractivity contribution in [1.29, 1.82) is 0 Å². The van der Waals surface area contributed by atoms with Crippen LogP contribution in [0.1, 0.15) is 23.2 Å². The molecule has 0 atom stereocenters. The number of Topliss-reactive ketones (excluding diaryl/α,β-unsaturated/α-hetero) is 1. The molecule has 1 fully saturated rings. The molecule has 2 rings (SSSR count). The van der Waals surface area contributed by atoms with E-state index in [0.717, 1.165) is 22.9 Å². The van der Waals surface area contributed by atoms with Gasteiger partial charge in [-0.1, -0.05) is 28.1 Å². The summed E-state index contributed by atoms with van der Waals surface area (Å²) in [7, 11) is 0. The van der Waals surface area contributed by atoms with Gasteiger partial charge in [-0.3, -0.25) is 4.79 Å². The van der Waals surface area contributed by atoms with Crippen LogP contribution < -0.4 is 0 Å². The molecule has 0 radical (unpaired) electrons. The van der Waals surface area contributed by atoms with Crippen LogP contribution in [0.4, 0.5) is 0 Å². The predicted octanol–water partition coefficient (Wildman–Crippen LogP) is 3.06. The largest absolute Gasteiger partial charge is 0.381 e. The maximum atomic E-state index is 12.1. The van der Waals surface area contributed by atoms with Gasteiger partial charge in [-0.25, -0.2) is 0 Å². The Labute approximate surface area is 97.8 Å². The first kappa shape index (κ1) is 10.8. The molecule has 0 amide bonds. The summed E-state index contributed by atoms with van der Waals surface area (Å²) in [5.74, 6) is 0.396. The van der Waals surface area contributed by atoms with E-state index in [1.54, 1.807) is 0 Å². The van der Waals surface area contributed by atoms with Crippen molar-refractivity contribution in [1.82, 2.24) is 0 Å². The molecule has 0 N–H and O–H groups in total. The zero-order valence-corrected chi connectivity index (χ0v) is 10.00. The Hall–Kier alpha value is -0.670. The first-order valence-electron chi connectivity index (χ1n) is 5.15.